The minimum atomic E-state index is 0.488. The van der Waals surface area contributed by atoms with Crippen LogP contribution in [0.4, 0.5) is 0 Å². The van der Waals surface area contributed by atoms with Crippen LogP contribution in [-0.2, 0) is 4.79 Å². The van der Waals surface area contributed by atoms with E-state index >= 15 is 0 Å². The molecule has 0 heterocycles. The van der Waals surface area contributed by atoms with Gasteiger partial charge in [-0.25, -0.2) is 0 Å². The van der Waals surface area contributed by atoms with Crippen molar-refractivity contribution in [2.24, 2.45) is 35.5 Å². The molecule has 4 aliphatic carbocycles. The molecule has 0 saturated heterocycles. The molecule has 6 unspecified atom stereocenters. The van der Waals surface area contributed by atoms with E-state index in [0.717, 1.165) is 23.7 Å². The summed E-state index contributed by atoms with van der Waals surface area (Å²) in [5, 5.41) is 0. The highest BCUT2D eigenvalue weighted by molar-refractivity contribution is 5.85. The molecule has 0 aromatic carbocycles. The number of hydrogen-bond acceptors (Lipinski definition) is 1. The van der Waals surface area contributed by atoms with E-state index in [0.29, 0.717) is 17.6 Å². The lowest BCUT2D eigenvalue weighted by molar-refractivity contribution is -0.148. The Morgan fingerprint density at radius 3 is 2.22 bits per heavy atom. The fourth-order valence-corrected chi connectivity index (χ4v) is 6.24. The van der Waals surface area contributed by atoms with Crippen molar-refractivity contribution in [3.05, 3.63) is 0 Å². The van der Waals surface area contributed by atoms with Crippen LogP contribution in [0.2, 0.25) is 0 Å². The van der Waals surface area contributed by atoms with Gasteiger partial charge < -0.3 is 0 Å². The van der Waals surface area contributed by atoms with Crippen LogP contribution in [0.3, 0.4) is 0 Å². The summed E-state index contributed by atoms with van der Waals surface area (Å²) < 4.78 is 0. The van der Waals surface area contributed by atoms with E-state index in [1.54, 1.807) is 0 Å². The third kappa shape index (κ3) is 1.55. The van der Waals surface area contributed by atoms with Gasteiger partial charge in [0.1, 0.15) is 5.78 Å². The Kier molecular flexibility index (Phi) is 2.78. The van der Waals surface area contributed by atoms with Gasteiger partial charge in [0.05, 0.1) is 0 Å². The summed E-state index contributed by atoms with van der Waals surface area (Å²) in [6, 6.07) is 0. The standard InChI is InChI=1S/C17H26O/c18-17-14-8-2-1-7-12(14)13-9-3-5-11-6-4-10-15(17)16(11)13/h11-16H,1-10H2. The van der Waals surface area contributed by atoms with E-state index in [2.05, 4.69) is 0 Å². The maximum atomic E-state index is 12.8. The minimum Gasteiger partial charge on any atom is -0.299 e. The van der Waals surface area contributed by atoms with E-state index in [1.165, 1.54) is 64.2 Å². The lowest BCUT2D eigenvalue weighted by Gasteiger charge is -2.55. The first-order valence-corrected chi connectivity index (χ1v) is 8.40. The van der Waals surface area contributed by atoms with Crippen molar-refractivity contribution in [1.82, 2.24) is 0 Å². The van der Waals surface area contributed by atoms with Gasteiger partial charge in [0.2, 0.25) is 0 Å². The van der Waals surface area contributed by atoms with Gasteiger partial charge in [0, 0.05) is 11.8 Å². The largest absolute Gasteiger partial charge is 0.299 e. The topological polar surface area (TPSA) is 17.1 Å². The van der Waals surface area contributed by atoms with Gasteiger partial charge >= 0.3 is 0 Å². The monoisotopic (exact) mass is 246 g/mol. The number of fused-ring (bicyclic) bond motifs is 2. The van der Waals surface area contributed by atoms with Crippen molar-refractivity contribution in [3.8, 4) is 0 Å². The number of carbonyl (C=O) groups is 1. The predicted octanol–water partition coefficient (Wildman–Crippen LogP) is 4.21. The number of ketones is 1. The molecule has 0 aromatic rings. The lowest BCUT2D eigenvalue weighted by atomic mass is 9.49. The summed E-state index contributed by atoms with van der Waals surface area (Å²) in [5.74, 6) is 5.18. The molecule has 6 atom stereocenters. The summed E-state index contributed by atoms with van der Waals surface area (Å²) in [6.45, 7) is 0. The molecule has 4 fully saturated rings. The zero-order valence-electron chi connectivity index (χ0n) is 11.4. The fourth-order valence-electron chi connectivity index (χ4n) is 6.24. The van der Waals surface area contributed by atoms with E-state index in [9.17, 15) is 4.79 Å². The van der Waals surface area contributed by atoms with Crippen LogP contribution in [0.5, 0.6) is 0 Å². The first kappa shape index (κ1) is 11.5. The van der Waals surface area contributed by atoms with Crippen molar-refractivity contribution in [2.75, 3.05) is 0 Å². The molecule has 4 rings (SSSR count). The average Bonchev–Trinajstić information content (AvgIpc) is 2.44. The van der Waals surface area contributed by atoms with E-state index < -0.39 is 0 Å². The smallest absolute Gasteiger partial charge is 0.139 e. The van der Waals surface area contributed by atoms with Crippen molar-refractivity contribution < 1.29 is 4.79 Å². The Morgan fingerprint density at radius 1 is 0.667 bits per heavy atom. The number of hydrogen-bond donors (Lipinski definition) is 0. The maximum absolute atomic E-state index is 12.8. The van der Waals surface area contributed by atoms with Crippen molar-refractivity contribution in [3.63, 3.8) is 0 Å². The number of rotatable bonds is 0. The van der Waals surface area contributed by atoms with Crippen LogP contribution in [-0.4, -0.2) is 5.78 Å². The Labute approximate surface area is 111 Å². The van der Waals surface area contributed by atoms with Crippen LogP contribution in [0.15, 0.2) is 0 Å². The third-order valence-electron chi connectivity index (χ3n) is 6.81. The first-order chi connectivity index (χ1) is 8.86. The molecule has 4 aliphatic rings. The van der Waals surface area contributed by atoms with Gasteiger partial charge in [-0.3, -0.25) is 4.79 Å². The molecule has 1 nitrogen and oxygen atoms in total. The summed E-state index contributed by atoms with van der Waals surface area (Å²) >= 11 is 0. The van der Waals surface area contributed by atoms with Crippen molar-refractivity contribution in [1.29, 1.82) is 0 Å². The van der Waals surface area contributed by atoms with Crippen molar-refractivity contribution >= 4 is 5.78 Å². The Morgan fingerprint density at radius 2 is 1.33 bits per heavy atom. The number of carbonyl (C=O) groups excluding carboxylic acids is 1. The van der Waals surface area contributed by atoms with E-state index in [1.807, 2.05) is 0 Å². The number of Topliss-reactive ketones (excluding diaryl/α,β-unsaturated/α-hetero) is 1. The average molecular weight is 246 g/mol. The SMILES string of the molecule is O=C1C2CCCCC2C2CCCC3CCCC1C32. The third-order valence-corrected chi connectivity index (χ3v) is 6.81. The molecule has 0 aliphatic heterocycles. The zero-order valence-corrected chi connectivity index (χ0v) is 11.4. The Hall–Kier alpha value is -0.330. The van der Waals surface area contributed by atoms with E-state index in [-0.39, 0.29) is 0 Å². The van der Waals surface area contributed by atoms with Crippen molar-refractivity contribution in [2.45, 2.75) is 64.2 Å². The van der Waals surface area contributed by atoms with Gasteiger partial charge in [-0.2, -0.15) is 0 Å². The second-order valence-electron chi connectivity index (χ2n) is 7.43. The zero-order chi connectivity index (χ0) is 12.1. The molecule has 1 heteroatoms. The summed E-state index contributed by atoms with van der Waals surface area (Å²) in [4.78, 5) is 12.8. The van der Waals surface area contributed by atoms with Crippen LogP contribution < -0.4 is 0 Å². The molecule has 18 heavy (non-hydrogen) atoms. The maximum Gasteiger partial charge on any atom is 0.139 e. The summed E-state index contributed by atoms with van der Waals surface area (Å²) in [5.41, 5.74) is 0. The van der Waals surface area contributed by atoms with Crippen LogP contribution in [0.25, 0.3) is 0 Å². The Balaban J connectivity index is 1.69. The van der Waals surface area contributed by atoms with Gasteiger partial charge in [-0.15, -0.1) is 0 Å². The molecule has 0 aromatic heterocycles. The predicted molar refractivity (Wildman–Crippen MR) is 72.1 cm³/mol. The molecule has 0 amide bonds. The molecule has 0 spiro atoms. The Bertz CT molecular complexity index is 346. The second-order valence-corrected chi connectivity index (χ2v) is 7.43. The molecular formula is C17H26O. The van der Waals surface area contributed by atoms with Crippen LogP contribution in [0.1, 0.15) is 64.2 Å². The molecule has 0 bridgehead atoms. The molecule has 4 saturated carbocycles. The normalized spacial score (nSPS) is 51.4. The first-order valence-electron chi connectivity index (χ1n) is 8.40. The van der Waals surface area contributed by atoms with Gasteiger partial charge in [-0.05, 0) is 49.4 Å². The highest BCUT2D eigenvalue weighted by atomic mass is 16.1. The van der Waals surface area contributed by atoms with Crippen LogP contribution in [0, 0.1) is 35.5 Å². The molecule has 0 N–H and O–H groups in total. The summed E-state index contributed by atoms with van der Waals surface area (Å²) in [6.07, 6.45) is 13.7. The minimum absolute atomic E-state index is 0.488. The van der Waals surface area contributed by atoms with Gasteiger partial charge in [0.15, 0.2) is 0 Å². The fraction of sp³-hybridized carbons (Fsp3) is 0.941. The van der Waals surface area contributed by atoms with E-state index in [4.69, 9.17) is 0 Å². The molecule has 0 radical (unpaired) electrons. The lowest BCUT2D eigenvalue weighted by Crippen LogP contribution is -2.53. The van der Waals surface area contributed by atoms with Gasteiger partial charge in [0.25, 0.3) is 0 Å². The van der Waals surface area contributed by atoms with Gasteiger partial charge in [-0.1, -0.05) is 38.5 Å². The molecular weight excluding hydrogens is 220 g/mol. The second kappa shape index (κ2) is 4.35. The quantitative estimate of drug-likeness (QED) is 0.626. The molecule has 100 valence electrons. The summed E-state index contributed by atoms with van der Waals surface area (Å²) in [7, 11) is 0. The highest BCUT2D eigenvalue weighted by Gasteiger charge is 2.53. The highest BCUT2D eigenvalue weighted by Crippen LogP contribution is 2.57. The van der Waals surface area contributed by atoms with Crippen LogP contribution >= 0.6 is 0 Å².